The number of nitrogens with one attached hydrogen (secondary N) is 3. The van der Waals surface area contributed by atoms with E-state index in [2.05, 4.69) is 30.3 Å². The molecule has 0 aliphatic carbocycles. The van der Waals surface area contributed by atoms with Crippen LogP contribution in [0.2, 0.25) is 0 Å². The van der Waals surface area contributed by atoms with Crippen LogP contribution < -0.4 is 27.7 Å². The molecule has 1 aliphatic rings. The molecule has 1 aliphatic heterocycles. The van der Waals surface area contributed by atoms with Crippen LogP contribution >= 0.6 is 11.6 Å². The van der Waals surface area contributed by atoms with Crippen molar-refractivity contribution < 1.29 is 18.7 Å². The van der Waals surface area contributed by atoms with Gasteiger partial charge in [0, 0.05) is 25.1 Å². The first-order valence-corrected chi connectivity index (χ1v) is 8.53. The lowest BCUT2D eigenvalue weighted by molar-refractivity contribution is -0.136. The Morgan fingerprint density at radius 2 is 2.18 bits per heavy atom. The number of nitrogens with zero attached hydrogens (tertiary/aromatic N) is 2. The van der Waals surface area contributed by atoms with Gasteiger partial charge in [-0.2, -0.15) is 4.98 Å². The molecule has 1 amide bonds. The minimum absolute atomic E-state index is 0.0989. The number of carbonyl (C=O) groups excluding carboxylic acids is 2. The van der Waals surface area contributed by atoms with Crippen LogP contribution in [0, 0.1) is 0 Å². The number of nitrogen functional groups attached to an aromatic ring is 2. The number of methoxy groups -OCH3 is 1. The average Bonchev–Trinajstić information content (AvgIpc) is 2.62. The van der Waals surface area contributed by atoms with Crippen molar-refractivity contribution in [1.29, 1.82) is 0 Å². The lowest BCUT2D eigenvalue weighted by Crippen LogP contribution is -2.62. The van der Waals surface area contributed by atoms with E-state index < -0.39 is 47.5 Å². The van der Waals surface area contributed by atoms with E-state index in [1.165, 1.54) is 6.21 Å². The van der Waals surface area contributed by atoms with E-state index in [1.54, 1.807) is 0 Å². The molecule has 1 unspecified atom stereocenters. The molecule has 2 rings (SSSR count). The molecule has 11 nitrogen and oxygen atoms in total. The minimum Gasteiger partial charge on any atom is -0.464 e. The number of aliphatic imine (C=N–C) groups is 1. The summed E-state index contributed by atoms with van der Waals surface area (Å²) < 4.78 is 18.9. The first-order chi connectivity index (χ1) is 13.2. The van der Waals surface area contributed by atoms with Gasteiger partial charge < -0.3 is 21.5 Å². The Labute approximate surface area is 163 Å². The zero-order valence-corrected chi connectivity index (χ0v) is 15.6. The number of hydrogen-bond donors (Lipinski definition) is 5. The minimum atomic E-state index is -1.46. The predicted molar refractivity (Wildman–Crippen MR) is 100 cm³/mol. The van der Waals surface area contributed by atoms with Crippen molar-refractivity contribution in [2.24, 2.45) is 4.99 Å². The van der Waals surface area contributed by atoms with Gasteiger partial charge in [0.05, 0.1) is 19.1 Å². The van der Waals surface area contributed by atoms with Gasteiger partial charge in [0.1, 0.15) is 17.3 Å². The molecule has 0 saturated heterocycles. The maximum Gasteiger partial charge on any atom is 0.359 e. The lowest BCUT2D eigenvalue weighted by atomic mass is 10.0. The van der Waals surface area contributed by atoms with E-state index in [1.807, 2.05) is 0 Å². The molecule has 0 radical (unpaired) electrons. The SMILES string of the molecule is COC(=O)C1=C(F)CC(NCCCl)(NC(=O)Cc2c(N)nc(N)[nH]c2=O)C=N1. The molecule has 0 fully saturated rings. The molecular weight excluding hydrogens is 397 g/mol. The Balaban J connectivity index is 2.23. The number of aromatic amines is 1. The summed E-state index contributed by atoms with van der Waals surface area (Å²) in [5.74, 6) is -2.73. The van der Waals surface area contributed by atoms with Crippen molar-refractivity contribution in [3.05, 3.63) is 27.4 Å². The third-order valence-electron chi connectivity index (χ3n) is 3.78. The number of aromatic nitrogens is 2. The lowest BCUT2D eigenvalue weighted by Gasteiger charge is -2.33. The fourth-order valence-corrected chi connectivity index (χ4v) is 2.63. The van der Waals surface area contributed by atoms with Crippen molar-refractivity contribution >= 4 is 41.5 Å². The Kier molecular flexibility index (Phi) is 6.70. The molecule has 1 aromatic rings. The summed E-state index contributed by atoms with van der Waals surface area (Å²) in [5.41, 5.74) is 8.29. The normalized spacial score (nSPS) is 18.8. The second-order valence-corrected chi connectivity index (χ2v) is 6.19. The molecule has 13 heteroatoms. The number of halogens is 2. The summed E-state index contributed by atoms with van der Waals surface area (Å²) in [6.45, 7) is 0.195. The highest BCUT2D eigenvalue weighted by Gasteiger charge is 2.37. The van der Waals surface area contributed by atoms with Crippen LogP contribution in [0.4, 0.5) is 16.2 Å². The van der Waals surface area contributed by atoms with Crippen LogP contribution in [0.25, 0.3) is 0 Å². The fraction of sp³-hybridized carbons (Fsp3) is 0.400. The van der Waals surface area contributed by atoms with Gasteiger partial charge in [-0.3, -0.25) is 19.9 Å². The molecule has 0 saturated carbocycles. The van der Waals surface area contributed by atoms with E-state index in [0.29, 0.717) is 0 Å². The van der Waals surface area contributed by atoms with Crippen LogP contribution in [0.3, 0.4) is 0 Å². The number of rotatable bonds is 7. The van der Waals surface area contributed by atoms with E-state index in [9.17, 15) is 18.8 Å². The molecule has 7 N–H and O–H groups in total. The van der Waals surface area contributed by atoms with Crippen molar-refractivity contribution in [2.75, 3.05) is 31.0 Å². The van der Waals surface area contributed by atoms with E-state index >= 15 is 0 Å². The second-order valence-electron chi connectivity index (χ2n) is 5.81. The zero-order chi connectivity index (χ0) is 20.9. The van der Waals surface area contributed by atoms with Crippen LogP contribution in [0.5, 0.6) is 0 Å². The van der Waals surface area contributed by atoms with Gasteiger partial charge in [-0.1, -0.05) is 0 Å². The molecule has 28 heavy (non-hydrogen) atoms. The first kappa shape index (κ1) is 21.3. The second kappa shape index (κ2) is 8.80. The van der Waals surface area contributed by atoms with Crippen LogP contribution in [-0.4, -0.2) is 53.3 Å². The number of amides is 1. The van der Waals surface area contributed by atoms with Gasteiger partial charge in [-0.25, -0.2) is 14.2 Å². The summed E-state index contributed by atoms with van der Waals surface area (Å²) in [4.78, 5) is 45.6. The number of carbonyl (C=O) groups is 2. The standard InChI is InChI=1S/C15H19ClFN7O4/c1-28-13(27)10-8(17)5-15(6-20-10,21-3-2-16)24-9(25)4-7-11(18)22-14(19)23-12(7)26/h6,21H,2-5H2,1H3,(H,24,25)(H5,18,19,22,23,26). The number of anilines is 2. The first-order valence-electron chi connectivity index (χ1n) is 7.99. The fourth-order valence-electron chi connectivity index (χ4n) is 2.54. The van der Waals surface area contributed by atoms with Gasteiger partial charge in [0.25, 0.3) is 5.56 Å². The van der Waals surface area contributed by atoms with Crippen molar-refractivity contribution in [1.82, 2.24) is 20.6 Å². The van der Waals surface area contributed by atoms with E-state index in [0.717, 1.165) is 7.11 Å². The molecule has 1 aromatic heterocycles. The Morgan fingerprint density at radius 1 is 1.46 bits per heavy atom. The van der Waals surface area contributed by atoms with Gasteiger partial charge >= 0.3 is 5.97 Å². The quantitative estimate of drug-likeness (QED) is 0.212. The average molecular weight is 416 g/mol. The van der Waals surface area contributed by atoms with Crippen molar-refractivity contribution in [3.8, 4) is 0 Å². The molecule has 0 spiro atoms. The summed E-state index contributed by atoms with van der Waals surface area (Å²) in [6.07, 6.45) is 0.304. The molecular formula is C15H19ClFN7O4. The topological polar surface area (TPSA) is 178 Å². The summed E-state index contributed by atoms with van der Waals surface area (Å²) in [5, 5.41) is 5.40. The number of alkyl halides is 1. The smallest absolute Gasteiger partial charge is 0.359 e. The number of esters is 1. The molecule has 2 heterocycles. The van der Waals surface area contributed by atoms with Gasteiger partial charge in [-0.15, -0.1) is 11.6 Å². The highest BCUT2D eigenvalue weighted by Crippen LogP contribution is 2.24. The summed E-state index contributed by atoms with van der Waals surface area (Å²) in [6, 6.07) is 0. The number of ether oxygens (including phenoxy) is 1. The van der Waals surface area contributed by atoms with Crippen LogP contribution in [0.15, 0.2) is 21.3 Å². The maximum atomic E-state index is 14.4. The van der Waals surface area contributed by atoms with Crippen LogP contribution in [0.1, 0.15) is 12.0 Å². The van der Waals surface area contributed by atoms with E-state index in [4.69, 9.17) is 23.1 Å². The maximum absolute atomic E-state index is 14.4. The zero-order valence-electron chi connectivity index (χ0n) is 14.8. The monoisotopic (exact) mass is 415 g/mol. The molecule has 152 valence electrons. The van der Waals surface area contributed by atoms with Crippen molar-refractivity contribution in [2.45, 2.75) is 18.5 Å². The molecule has 1 atom stereocenters. The van der Waals surface area contributed by atoms with Gasteiger partial charge in [0.2, 0.25) is 11.9 Å². The summed E-state index contributed by atoms with van der Waals surface area (Å²) >= 11 is 5.66. The third-order valence-corrected chi connectivity index (χ3v) is 3.97. The van der Waals surface area contributed by atoms with E-state index in [-0.39, 0.29) is 29.8 Å². The largest absolute Gasteiger partial charge is 0.464 e. The van der Waals surface area contributed by atoms with Gasteiger partial charge in [-0.05, 0) is 0 Å². The predicted octanol–water partition coefficient (Wildman–Crippen LogP) is -1.05. The molecule has 0 aromatic carbocycles. The summed E-state index contributed by atoms with van der Waals surface area (Å²) in [7, 11) is 1.09. The Morgan fingerprint density at radius 3 is 2.75 bits per heavy atom. The highest BCUT2D eigenvalue weighted by molar-refractivity contribution is 6.18. The highest BCUT2D eigenvalue weighted by atomic mass is 35.5. The number of H-pyrrole nitrogens is 1. The molecule has 0 bridgehead atoms. The Hall–Kier alpha value is -2.99. The van der Waals surface area contributed by atoms with Gasteiger partial charge in [0.15, 0.2) is 5.70 Å². The van der Waals surface area contributed by atoms with Crippen molar-refractivity contribution in [3.63, 3.8) is 0 Å². The van der Waals surface area contributed by atoms with Crippen LogP contribution in [-0.2, 0) is 20.7 Å². The number of hydrogen-bond acceptors (Lipinski definition) is 9. The number of nitrogens with two attached hydrogens (primary N) is 2. The third kappa shape index (κ3) is 4.84. The Bertz CT molecular complexity index is 901.